The Kier molecular flexibility index (Phi) is 3.59. The van der Waals surface area contributed by atoms with Crippen LogP contribution in [-0.2, 0) is 0 Å². The topological polar surface area (TPSA) is 67.6 Å². The molecule has 2 atom stereocenters. The number of nitrogens with zero attached hydrogens (tertiary/aromatic N) is 2. The monoisotopic (exact) mass is 375 g/mol. The summed E-state index contributed by atoms with van der Waals surface area (Å²) < 4.78 is 6.24. The maximum absolute atomic E-state index is 11.1. The largest absolute Gasteiger partial charge is 0.467 e. The number of ether oxygens (including phenoxy) is 1. The lowest BCUT2D eigenvalue weighted by Gasteiger charge is -2.52. The van der Waals surface area contributed by atoms with Crippen molar-refractivity contribution in [2.45, 2.75) is 25.1 Å². The Morgan fingerprint density at radius 1 is 1.36 bits per heavy atom. The molecule has 128 valence electrons. The van der Waals surface area contributed by atoms with Gasteiger partial charge in [-0.25, -0.2) is 0 Å². The van der Waals surface area contributed by atoms with Crippen LogP contribution in [0.3, 0.4) is 0 Å². The first-order chi connectivity index (χ1) is 11.9. The summed E-state index contributed by atoms with van der Waals surface area (Å²) in [6, 6.07) is 11.9. The molecule has 0 unspecified atom stereocenters. The van der Waals surface area contributed by atoms with Crippen LogP contribution < -0.4 is 15.0 Å². The van der Waals surface area contributed by atoms with Crippen LogP contribution in [0.4, 0.5) is 11.4 Å². The Morgan fingerprint density at radius 3 is 2.76 bits per heavy atom. The van der Waals surface area contributed by atoms with Crippen LogP contribution in [0.5, 0.6) is 5.75 Å². The second-order valence-electron chi connectivity index (χ2n) is 6.27. The van der Waals surface area contributed by atoms with Gasteiger partial charge in [-0.15, -0.1) is 0 Å². The predicted octanol–water partition coefficient (Wildman–Crippen LogP) is 4.18. The van der Waals surface area contributed by atoms with E-state index in [0.717, 1.165) is 11.3 Å². The minimum Gasteiger partial charge on any atom is -0.467 e. The molecule has 2 aromatic rings. The molecule has 2 heterocycles. The Bertz CT molecular complexity index is 889. The van der Waals surface area contributed by atoms with Crippen molar-refractivity contribution >= 4 is 40.3 Å². The van der Waals surface area contributed by atoms with Crippen molar-refractivity contribution in [1.82, 2.24) is 5.32 Å². The van der Waals surface area contributed by atoms with E-state index in [9.17, 15) is 10.1 Å². The Balaban J connectivity index is 1.77. The third kappa shape index (κ3) is 2.60. The molecule has 0 aromatic heterocycles. The van der Waals surface area contributed by atoms with Gasteiger partial charge in [0, 0.05) is 34.8 Å². The highest BCUT2D eigenvalue weighted by Crippen LogP contribution is 2.46. The number of nitro benzene ring substituents is 1. The van der Waals surface area contributed by atoms with Crippen LogP contribution in [0.25, 0.3) is 0 Å². The van der Waals surface area contributed by atoms with Crippen LogP contribution in [0, 0.1) is 10.1 Å². The number of rotatable bonds is 2. The van der Waals surface area contributed by atoms with E-state index in [1.54, 1.807) is 24.3 Å². The molecule has 25 heavy (non-hydrogen) atoms. The van der Waals surface area contributed by atoms with Crippen molar-refractivity contribution in [3.8, 4) is 5.75 Å². The molecule has 0 aliphatic carbocycles. The number of nitro groups is 1. The van der Waals surface area contributed by atoms with E-state index in [1.807, 2.05) is 24.0 Å². The molecule has 0 radical (unpaired) electrons. The summed E-state index contributed by atoms with van der Waals surface area (Å²) in [5.41, 5.74) is 0.973. The van der Waals surface area contributed by atoms with E-state index < -0.39 is 10.6 Å². The van der Waals surface area contributed by atoms with Gasteiger partial charge in [0.15, 0.2) is 10.8 Å². The molecule has 6 nitrogen and oxygen atoms in total. The molecule has 1 N–H and O–H groups in total. The SMILES string of the molecule is C[C@]12C[C@@H](NC(=S)N1c1ccc(Cl)cc1)c1cc([N+](=O)[O-])ccc1O2. The zero-order valence-corrected chi connectivity index (χ0v) is 14.8. The Labute approximate surface area is 154 Å². The summed E-state index contributed by atoms with van der Waals surface area (Å²) in [4.78, 5) is 12.6. The molecule has 0 amide bonds. The van der Waals surface area contributed by atoms with Gasteiger partial charge >= 0.3 is 0 Å². The second kappa shape index (κ2) is 5.57. The summed E-state index contributed by atoms with van der Waals surface area (Å²) in [5, 5.41) is 15.5. The summed E-state index contributed by atoms with van der Waals surface area (Å²) in [7, 11) is 0. The van der Waals surface area contributed by atoms with E-state index in [2.05, 4.69) is 5.32 Å². The van der Waals surface area contributed by atoms with E-state index in [4.69, 9.17) is 28.6 Å². The third-order valence-corrected chi connectivity index (χ3v) is 5.10. The summed E-state index contributed by atoms with van der Waals surface area (Å²) in [5.74, 6) is 0.623. The maximum Gasteiger partial charge on any atom is 0.270 e. The van der Waals surface area contributed by atoms with Gasteiger partial charge in [-0.1, -0.05) is 11.6 Å². The summed E-state index contributed by atoms with van der Waals surface area (Å²) in [6.07, 6.45) is 0.601. The van der Waals surface area contributed by atoms with Crippen molar-refractivity contribution in [3.05, 3.63) is 63.2 Å². The molecular weight excluding hydrogens is 362 g/mol. The van der Waals surface area contributed by atoms with Gasteiger partial charge in [0.05, 0.1) is 11.0 Å². The quantitative estimate of drug-likeness (QED) is 0.482. The van der Waals surface area contributed by atoms with E-state index in [1.165, 1.54) is 6.07 Å². The first-order valence-electron chi connectivity index (χ1n) is 7.71. The average molecular weight is 376 g/mol. The number of halogens is 1. The van der Waals surface area contributed by atoms with E-state index in [0.29, 0.717) is 22.3 Å². The average Bonchev–Trinajstić information content (AvgIpc) is 2.55. The number of fused-ring (bicyclic) bond motifs is 4. The minimum absolute atomic E-state index is 0.0406. The smallest absolute Gasteiger partial charge is 0.270 e. The van der Waals surface area contributed by atoms with Gasteiger partial charge in [-0.3, -0.25) is 15.0 Å². The number of hydrogen-bond donors (Lipinski definition) is 1. The highest BCUT2D eigenvalue weighted by atomic mass is 35.5. The lowest BCUT2D eigenvalue weighted by molar-refractivity contribution is -0.385. The number of nitrogens with one attached hydrogen (secondary N) is 1. The lowest BCUT2D eigenvalue weighted by atomic mass is 9.90. The Morgan fingerprint density at radius 2 is 2.08 bits per heavy atom. The highest BCUT2D eigenvalue weighted by Gasteiger charge is 2.48. The van der Waals surface area contributed by atoms with Crippen molar-refractivity contribution in [1.29, 1.82) is 0 Å². The number of thiocarbonyl (C=S) groups is 1. The normalized spacial score (nSPS) is 24.2. The lowest BCUT2D eigenvalue weighted by Crippen LogP contribution is -2.65. The fraction of sp³-hybridized carbons (Fsp3) is 0.235. The third-order valence-electron chi connectivity index (χ3n) is 4.55. The van der Waals surface area contributed by atoms with Crippen LogP contribution in [0.2, 0.25) is 5.02 Å². The van der Waals surface area contributed by atoms with Crippen molar-refractivity contribution in [3.63, 3.8) is 0 Å². The zero-order chi connectivity index (χ0) is 17.8. The molecule has 2 bridgehead atoms. The van der Waals surface area contributed by atoms with Gasteiger partial charge in [0.25, 0.3) is 5.69 Å². The summed E-state index contributed by atoms with van der Waals surface area (Å²) >= 11 is 11.5. The fourth-order valence-corrected chi connectivity index (χ4v) is 4.02. The molecule has 0 spiro atoms. The van der Waals surface area contributed by atoms with Crippen LogP contribution >= 0.6 is 23.8 Å². The van der Waals surface area contributed by atoms with Crippen LogP contribution in [0.1, 0.15) is 24.9 Å². The standard InChI is InChI=1S/C17H14ClN3O3S/c1-17-9-14(13-8-12(21(22)23)6-7-15(13)24-17)19-16(25)20(17)11-4-2-10(18)3-5-11/h2-8,14H,9H2,1H3,(H,19,25)/t14-,17+/m1/s1. The summed E-state index contributed by atoms with van der Waals surface area (Å²) in [6.45, 7) is 1.96. The molecule has 1 saturated heterocycles. The predicted molar refractivity (Wildman–Crippen MR) is 99.2 cm³/mol. The highest BCUT2D eigenvalue weighted by molar-refractivity contribution is 7.80. The maximum atomic E-state index is 11.1. The number of benzene rings is 2. The van der Waals surface area contributed by atoms with Crippen molar-refractivity contribution in [2.75, 3.05) is 4.90 Å². The van der Waals surface area contributed by atoms with Crippen LogP contribution in [0.15, 0.2) is 42.5 Å². The van der Waals surface area contributed by atoms with Gasteiger partial charge in [0.1, 0.15) is 5.75 Å². The van der Waals surface area contributed by atoms with Crippen LogP contribution in [-0.4, -0.2) is 15.8 Å². The first-order valence-corrected chi connectivity index (χ1v) is 8.50. The fourth-order valence-electron chi connectivity index (χ4n) is 3.46. The Hall–Kier alpha value is -2.38. The molecule has 2 aliphatic rings. The molecule has 2 aliphatic heterocycles. The molecule has 4 rings (SSSR count). The first kappa shape index (κ1) is 16.1. The van der Waals surface area contributed by atoms with Crippen molar-refractivity contribution < 1.29 is 9.66 Å². The number of hydrogen-bond acceptors (Lipinski definition) is 4. The van der Waals surface area contributed by atoms with Gasteiger partial charge in [0.2, 0.25) is 0 Å². The van der Waals surface area contributed by atoms with Gasteiger partial charge in [-0.05, 0) is 49.5 Å². The minimum atomic E-state index is -0.691. The second-order valence-corrected chi connectivity index (χ2v) is 7.10. The zero-order valence-electron chi connectivity index (χ0n) is 13.2. The van der Waals surface area contributed by atoms with Gasteiger partial charge in [-0.2, -0.15) is 0 Å². The molecule has 8 heteroatoms. The molecule has 0 saturated carbocycles. The van der Waals surface area contributed by atoms with E-state index in [-0.39, 0.29) is 11.7 Å². The molecule has 2 aromatic carbocycles. The van der Waals surface area contributed by atoms with Gasteiger partial charge < -0.3 is 10.1 Å². The van der Waals surface area contributed by atoms with Crippen molar-refractivity contribution in [2.24, 2.45) is 0 Å². The number of anilines is 1. The number of non-ortho nitro benzene ring substituents is 1. The molecule has 1 fully saturated rings. The molecular formula is C17H14ClN3O3S. The van der Waals surface area contributed by atoms with E-state index >= 15 is 0 Å².